The van der Waals surface area contributed by atoms with Gasteiger partial charge in [-0.1, -0.05) is 26.8 Å². The number of hydrogen-bond donors (Lipinski definition) is 0. The van der Waals surface area contributed by atoms with Gasteiger partial charge in [-0.3, -0.25) is 4.79 Å². The summed E-state index contributed by atoms with van der Waals surface area (Å²) in [5.41, 5.74) is 2.76. The summed E-state index contributed by atoms with van der Waals surface area (Å²) in [6, 6.07) is 6.47. The molecule has 0 bridgehead atoms. The van der Waals surface area contributed by atoms with Crippen LogP contribution in [-0.2, 0) is 16.6 Å². The number of fused-ring (bicyclic) bond motifs is 3. The summed E-state index contributed by atoms with van der Waals surface area (Å²) in [5.74, 6) is 1.81. The maximum Gasteiger partial charge on any atom is 0.138 e. The third-order valence-corrected chi connectivity index (χ3v) is 5.86. The molecule has 2 aliphatic rings. The van der Waals surface area contributed by atoms with Crippen LogP contribution in [0, 0.1) is 11.3 Å². The van der Waals surface area contributed by atoms with E-state index in [2.05, 4.69) is 39.0 Å². The van der Waals surface area contributed by atoms with Gasteiger partial charge in [-0.05, 0) is 53.9 Å². The number of ether oxygens (including phenoxy) is 1. The van der Waals surface area contributed by atoms with Gasteiger partial charge in [0, 0.05) is 11.8 Å². The second-order valence-electron chi connectivity index (χ2n) is 7.18. The van der Waals surface area contributed by atoms with Crippen molar-refractivity contribution in [3.63, 3.8) is 0 Å². The molecule has 108 valence electrons. The average Bonchev–Trinajstić information content (AvgIpc) is 2.43. The summed E-state index contributed by atoms with van der Waals surface area (Å²) in [5, 5.41) is 0. The molecular weight excluding hydrogens is 248 g/mol. The second-order valence-corrected chi connectivity index (χ2v) is 7.18. The first-order chi connectivity index (χ1) is 9.39. The summed E-state index contributed by atoms with van der Waals surface area (Å²) >= 11 is 0. The van der Waals surface area contributed by atoms with Crippen molar-refractivity contribution in [1.29, 1.82) is 0 Å². The van der Waals surface area contributed by atoms with Crippen molar-refractivity contribution in [1.82, 2.24) is 0 Å². The quantitative estimate of drug-likeness (QED) is 0.775. The number of benzene rings is 1. The smallest absolute Gasteiger partial charge is 0.138 e. The third kappa shape index (κ3) is 1.73. The van der Waals surface area contributed by atoms with E-state index in [9.17, 15) is 4.79 Å². The number of rotatable bonds is 1. The highest BCUT2D eigenvalue weighted by Crippen LogP contribution is 2.56. The summed E-state index contributed by atoms with van der Waals surface area (Å²) in [6.45, 7) is 6.63. The Kier molecular flexibility index (Phi) is 2.97. The molecule has 0 saturated heterocycles. The number of hydrogen-bond acceptors (Lipinski definition) is 2. The molecule has 1 unspecified atom stereocenters. The maximum atomic E-state index is 12.3. The number of aryl methyl sites for hydroxylation is 1. The van der Waals surface area contributed by atoms with E-state index in [0.717, 1.165) is 25.0 Å². The number of carbonyl (C=O) groups excluding carboxylic acids is 1. The number of carbonyl (C=O) groups is 1. The van der Waals surface area contributed by atoms with Gasteiger partial charge in [0.25, 0.3) is 0 Å². The largest absolute Gasteiger partial charge is 0.497 e. The van der Waals surface area contributed by atoms with Crippen LogP contribution >= 0.6 is 0 Å². The molecule has 0 spiro atoms. The fourth-order valence-corrected chi connectivity index (χ4v) is 4.59. The lowest BCUT2D eigenvalue weighted by Crippen LogP contribution is -2.52. The normalized spacial score (nSPS) is 31.4. The Morgan fingerprint density at radius 1 is 1.20 bits per heavy atom. The first-order valence-electron chi connectivity index (χ1n) is 7.60. The van der Waals surface area contributed by atoms with Crippen LogP contribution in [0.5, 0.6) is 5.75 Å². The summed E-state index contributed by atoms with van der Waals surface area (Å²) in [6.07, 6.45) is 3.88. The Balaban J connectivity index is 2.13. The van der Waals surface area contributed by atoms with Gasteiger partial charge in [-0.15, -0.1) is 0 Å². The van der Waals surface area contributed by atoms with Crippen LogP contribution in [-0.4, -0.2) is 12.9 Å². The van der Waals surface area contributed by atoms with E-state index in [1.165, 1.54) is 11.1 Å². The fraction of sp³-hybridized carbons (Fsp3) is 0.611. The molecule has 0 amide bonds. The standard InChI is InChI=1S/C18H24O2/c1-17(2)15-8-6-12-5-7-13(20-4)11-14(12)18(15,3)10-9-16(17)19/h5,7,11,15H,6,8-10H2,1-4H3/t15?,18-/m1/s1. The van der Waals surface area contributed by atoms with Gasteiger partial charge in [-0.2, -0.15) is 0 Å². The van der Waals surface area contributed by atoms with Gasteiger partial charge in [0.2, 0.25) is 0 Å². The van der Waals surface area contributed by atoms with Gasteiger partial charge in [-0.25, -0.2) is 0 Å². The number of ketones is 1. The lowest BCUT2D eigenvalue weighted by atomic mass is 9.50. The van der Waals surface area contributed by atoms with E-state index in [1.54, 1.807) is 7.11 Å². The molecule has 20 heavy (non-hydrogen) atoms. The zero-order valence-electron chi connectivity index (χ0n) is 13.0. The van der Waals surface area contributed by atoms with E-state index in [0.29, 0.717) is 18.1 Å². The molecule has 2 atom stereocenters. The zero-order chi connectivity index (χ0) is 14.5. The van der Waals surface area contributed by atoms with Crippen molar-refractivity contribution in [2.45, 2.75) is 51.9 Å². The molecule has 2 aliphatic carbocycles. The van der Waals surface area contributed by atoms with E-state index in [4.69, 9.17) is 4.74 Å². The minimum atomic E-state index is -0.201. The molecule has 2 nitrogen and oxygen atoms in total. The molecule has 0 aromatic heterocycles. The minimum Gasteiger partial charge on any atom is -0.497 e. The molecular formula is C18H24O2. The van der Waals surface area contributed by atoms with Crippen LogP contribution in [0.4, 0.5) is 0 Å². The van der Waals surface area contributed by atoms with Crippen LogP contribution in [0.15, 0.2) is 18.2 Å². The fourth-order valence-electron chi connectivity index (χ4n) is 4.59. The van der Waals surface area contributed by atoms with Crippen LogP contribution in [0.1, 0.15) is 51.2 Å². The predicted octanol–water partition coefficient (Wildman–Crippen LogP) is 3.90. The Morgan fingerprint density at radius 2 is 1.95 bits per heavy atom. The monoisotopic (exact) mass is 272 g/mol. The van der Waals surface area contributed by atoms with Crippen molar-refractivity contribution in [2.24, 2.45) is 11.3 Å². The molecule has 1 aromatic carbocycles. The highest BCUT2D eigenvalue weighted by atomic mass is 16.5. The van der Waals surface area contributed by atoms with Crippen molar-refractivity contribution in [3.8, 4) is 5.75 Å². The van der Waals surface area contributed by atoms with Gasteiger partial charge in [0.15, 0.2) is 0 Å². The summed E-state index contributed by atoms with van der Waals surface area (Å²) < 4.78 is 5.41. The molecule has 0 radical (unpaired) electrons. The molecule has 0 N–H and O–H groups in total. The van der Waals surface area contributed by atoms with E-state index in [1.807, 2.05) is 0 Å². The van der Waals surface area contributed by atoms with Gasteiger partial charge in [0.05, 0.1) is 7.11 Å². The molecule has 3 rings (SSSR count). The number of methoxy groups -OCH3 is 1. The van der Waals surface area contributed by atoms with Crippen molar-refractivity contribution < 1.29 is 9.53 Å². The van der Waals surface area contributed by atoms with Gasteiger partial charge >= 0.3 is 0 Å². The summed E-state index contributed by atoms with van der Waals surface area (Å²) in [7, 11) is 1.72. The molecule has 0 aliphatic heterocycles. The number of Topliss-reactive ketones (excluding diaryl/α,β-unsaturated/α-hetero) is 1. The highest BCUT2D eigenvalue weighted by molar-refractivity contribution is 5.86. The molecule has 2 heteroatoms. The Hall–Kier alpha value is -1.31. The third-order valence-electron chi connectivity index (χ3n) is 5.86. The van der Waals surface area contributed by atoms with Crippen molar-refractivity contribution >= 4 is 5.78 Å². The molecule has 1 aromatic rings. The predicted molar refractivity (Wildman–Crippen MR) is 80.2 cm³/mol. The van der Waals surface area contributed by atoms with Gasteiger partial charge < -0.3 is 4.74 Å². The molecule has 1 saturated carbocycles. The minimum absolute atomic E-state index is 0.111. The van der Waals surface area contributed by atoms with Gasteiger partial charge in [0.1, 0.15) is 11.5 Å². The van der Waals surface area contributed by atoms with Crippen LogP contribution in [0.3, 0.4) is 0 Å². The van der Waals surface area contributed by atoms with E-state index in [-0.39, 0.29) is 10.8 Å². The lowest BCUT2D eigenvalue weighted by molar-refractivity contribution is -0.137. The first-order valence-corrected chi connectivity index (χ1v) is 7.60. The average molecular weight is 272 g/mol. The van der Waals surface area contributed by atoms with Crippen LogP contribution in [0.25, 0.3) is 0 Å². The second kappa shape index (κ2) is 4.34. The van der Waals surface area contributed by atoms with Crippen LogP contribution in [0.2, 0.25) is 0 Å². The highest BCUT2D eigenvalue weighted by Gasteiger charge is 2.53. The Bertz CT molecular complexity index is 559. The Labute approximate surface area is 121 Å². The van der Waals surface area contributed by atoms with E-state index < -0.39 is 0 Å². The summed E-state index contributed by atoms with van der Waals surface area (Å²) in [4.78, 5) is 12.3. The van der Waals surface area contributed by atoms with Crippen molar-refractivity contribution in [2.75, 3.05) is 7.11 Å². The first kappa shape index (κ1) is 13.7. The van der Waals surface area contributed by atoms with E-state index >= 15 is 0 Å². The van der Waals surface area contributed by atoms with Crippen molar-refractivity contribution in [3.05, 3.63) is 29.3 Å². The lowest BCUT2D eigenvalue weighted by Gasteiger charge is -2.53. The van der Waals surface area contributed by atoms with Crippen LogP contribution < -0.4 is 4.74 Å². The zero-order valence-corrected chi connectivity index (χ0v) is 13.0. The molecule has 0 heterocycles. The Morgan fingerprint density at radius 3 is 2.65 bits per heavy atom. The topological polar surface area (TPSA) is 26.3 Å². The maximum absolute atomic E-state index is 12.3. The molecule has 1 fully saturated rings. The SMILES string of the molecule is COc1ccc2c(c1)[C@@]1(C)CCC(=O)C(C)(C)C1CC2.